The van der Waals surface area contributed by atoms with Crippen molar-refractivity contribution >= 4 is 44.2 Å². The Morgan fingerprint density at radius 1 is 0.978 bits per heavy atom. The van der Waals surface area contributed by atoms with Crippen molar-refractivity contribution in [1.82, 2.24) is 14.5 Å². The molecule has 0 saturated carbocycles. The van der Waals surface area contributed by atoms with Gasteiger partial charge in [-0.2, -0.15) is 13.2 Å². The molecule has 46 heavy (non-hydrogen) atoms. The van der Waals surface area contributed by atoms with Crippen LogP contribution in [0.1, 0.15) is 20.9 Å². The minimum absolute atomic E-state index is 0.201. The summed E-state index contributed by atoms with van der Waals surface area (Å²) in [6.45, 7) is 0.778. The lowest BCUT2D eigenvalue weighted by Crippen LogP contribution is -2.28. The van der Waals surface area contributed by atoms with Gasteiger partial charge in [0.1, 0.15) is 10.3 Å². The van der Waals surface area contributed by atoms with Crippen LogP contribution >= 0.6 is 11.3 Å². The topological polar surface area (TPSA) is 120 Å². The van der Waals surface area contributed by atoms with Crippen LogP contribution in [0.2, 0.25) is 0 Å². The van der Waals surface area contributed by atoms with Gasteiger partial charge >= 0.3 is 12.1 Å². The number of carboxylic acid groups (broad SMARTS) is 1. The van der Waals surface area contributed by atoms with Gasteiger partial charge in [0.15, 0.2) is 17.2 Å². The number of carbonyl (C=O) groups is 2. The Morgan fingerprint density at radius 2 is 1.65 bits per heavy atom. The number of benzene rings is 2. The van der Waals surface area contributed by atoms with E-state index in [1.807, 2.05) is 60.7 Å². The number of rotatable bonds is 9. The number of carboxylic acids is 1. The maximum atomic E-state index is 13.9. The molecule has 0 aliphatic heterocycles. The minimum atomic E-state index is -5.08. The largest absolute Gasteiger partial charge is 0.494 e. The number of para-hydroxylation sites is 1. The average Bonchev–Trinajstić information content (AvgIpc) is 3.45. The fraction of sp³-hybridized carbons (Fsp3) is 0.250. The number of aromatic nitrogens is 2. The van der Waals surface area contributed by atoms with Crippen molar-refractivity contribution in [3.8, 4) is 17.2 Å². The molecule has 14 heteroatoms. The lowest BCUT2D eigenvalue weighted by Gasteiger charge is -2.17. The maximum Gasteiger partial charge on any atom is 0.490 e. The number of methoxy groups -OCH3 is 3. The van der Waals surface area contributed by atoms with E-state index in [1.165, 1.54) is 18.4 Å². The molecule has 0 aliphatic rings. The SMILES string of the molecule is COc1ccc(CCN(C)C(=O)c2sc3c(c2OC)c(=O)n(Cc2ccccn2)c2ccccc32)cc1OC.O=C(O)C(F)(F)F. The number of amides is 1. The summed E-state index contributed by atoms with van der Waals surface area (Å²) in [5.41, 5.74) is 2.35. The van der Waals surface area contributed by atoms with Gasteiger partial charge in [-0.3, -0.25) is 14.6 Å². The molecule has 0 unspecified atom stereocenters. The number of nitrogens with zero attached hydrogens (tertiary/aromatic N) is 3. The number of fused-ring (bicyclic) bond motifs is 3. The first-order chi connectivity index (χ1) is 21.9. The van der Waals surface area contributed by atoms with Crippen LogP contribution in [0.25, 0.3) is 21.0 Å². The molecule has 0 saturated heterocycles. The second-order valence-corrected chi connectivity index (χ2v) is 10.9. The quantitative estimate of drug-likeness (QED) is 0.217. The van der Waals surface area contributed by atoms with Crippen LogP contribution in [0, 0.1) is 0 Å². The van der Waals surface area contributed by atoms with Crippen LogP contribution in [0.15, 0.2) is 71.7 Å². The van der Waals surface area contributed by atoms with Crippen molar-refractivity contribution < 1.29 is 42.1 Å². The molecule has 0 bridgehead atoms. The number of aliphatic carboxylic acids is 1. The van der Waals surface area contributed by atoms with Gasteiger partial charge in [-0.05, 0) is 42.3 Å². The van der Waals surface area contributed by atoms with Crippen LogP contribution in [-0.4, -0.2) is 72.5 Å². The minimum Gasteiger partial charge on any atom is -0.494 e. The second-order valence-electron chi connectivity index (χ2n) is 9.87. The summed E-state index contributed by atoms with van der Waals surface area (Å²) < 4.78 is 50.6. The first-order valence-electron chi connectivity index (χ1n) is 13.7. The number of hydrogen-bond acceptors (Lipinski definition) is 8. The van der Waals surface area contributed by atoms with Gasteiger partial charge in [-0.1, -0.05) is 30.3 Å². The highest BCUT2D eigenvalue weighted by molar-refractivity contribution is 7.22. The lowest BCUT2D eigenvalue weighted by atomic mass is 10.1. The molecule has 3 heterocycles. The first-order valence-corrected chi connectivity index (χ1v) is 14.5. The van der Waals surface area contributed by atoms with Crippen molar-refractivity contribution in [2.24, 2.45) is 0 Å². The van der Waals surface area contributed by atoms with E-state index >= 15 is 0 Å². The average molecular weight is 658 g/mol. The zero-order valence-electron chi connectivity index (χ0n) is 25.3. The molecule has 5 rings (SSSR count). The van der Waals surface area contributed by atoms with Gasteiger partial charge in [-0.25, -0.2) is 4.79 Å². The number of thiophene rings is 1. The molecule has 0 atom stereocenters. The molecule has 3 aromatic heterocycles. The van der Waals surface area contributed by atoms with E-state index in [0.29, 0.717) is 47.0 Å². The predicted molar refractivity (Wildman–Crippen MR) is 167 cm³/mol. The van der Waals surface area contributed by atoms with E-state index in [-0.39, 0.29) is 11.5 Å². The van der Waals surface area contributed by atoms with Crippen molar-refractivity contribution in [3.63, 3.8) is 0 Å². The molecule has 2 aromatic carbocycles. The van der Waals surface area contributed by atoms with Gasteiger partial charge in [0.25, 0.3) is 11.5 Å². The predicted octanol–water partition coefficient (Wildman–Crippen LogP) is 5.63. The molecule has 0 spiro atoms. The third-order valence-corrected chi connectivity index (χ3v) is 8.17. The normalized spacial score (nSPS) is 11.1. The first kappa shape index (κ1) is 33.8. The summed E-state index contributed by atoms with van der Waals surface area (Å²) in [4.78, 5) is 42.9. The number of ether oxygens (including phenoxy) is 3. The third-order valence-electron chi connectivity index (χ3n) is 6.98. The van der Waals surface area contributed by atoms with E-state index in [2.05, 4.69) is 4.98 Å². The number of halogens is 3. The molecule has 242 valence electrons. The summed E-state index contributed by atoms with van der Waals surface area (Å²) in [5.74, 6) is -1.35. The Morgan fingerprint density at radius 3 is 2.26 bits per heavy atom. The number of alkyl halides is 3. The van der Waals surface area contributed by atoms with Crippen LogP contribution in [0.3, 0.4) is 0 Å². The van der Waals surface area contributed by atoms with Crippen LogP contribution < -0.4 is 19.8 Å². The van der Waals surface area contributed by atoms with Gasteiger partial charge < -0.3 is 28.8 Å². The number of hydrogen-bond donors (Lipinski definition) is 1. The van der Waals surface area contributed by atoms with Crippen molar-refractivity contribution in [2.45, 2.75) is 19.1 Å². The Kier molecular flexibility index (Phi) is 10.5. The fourth-order valence-electron chi connectivity index (χ4n) is 4.70. The number of carbonyl (C=O) groups excluding carboxylic acids is 1. The monoisotopic (exact) mass is 657 g/mol. The molecular formula is C32H30F3N3O7S. The summed E-state index contributed by atoms with van der Waals surface area (Å²) in [5, 5.41) is 8.42. The Balaban J connectivity index is 0.000000617. The Bertz CT molecular complexity index is 1920. The Hall–Kier alpha value is -5.11. The van der Waals surface area contributed by atoms with Gasteiger partial charge in [0, 0.05) is 25.2 Å². The van der Waals surface area contributed by atoms with Crippen molar-refractivity contribution in [3.05, 3.63) is 93.3 Å². The van der Waals surface area contributed by atoms with Crippen LogP contribution in [0.5, 0.6) is 17.2 Å². The van der Waals surface area contributed by atoms with E-state index in [1.54, 1.807) is 36.9 Å². The van der Waals surface area contributed by atoms with Crippen molar-refractivity contribution in [2.75, 3.05) is 34.9 Å². The molecule has 1 amide bonds. The van der Waals surface area contributed by atoms with Gasteiger partial charge in [-0.15, -0.1) is 11.3 Å². The maximum absolute atomic E-state index is 13.9. The smallest absolute Gasteiger partial charge is 0.490 e. The third kappa shape index (κ3) is 7.23. The molecule has 0 aliphatic carbocycles. The molecule has 0 radical (unpaired) electrons. The number of pyridine rings is 2. The van der Waals surface area contributed by atoms with E-state index < -0.39 is 12.1 Å². The highest BCUT2D eigenvalue weighted by Crippen LogP contribution is 2.40. The van der Waals surface area contributed by atoms with Crippen LogP contribution in [-0.2, 0) is 17.8 Å². The van der Waals surface area contributed by atoms with E-state index in [0.717, 1.165) is 26.9 Å². The summed E-state index contributed by atoms with van der Waals surface area (Å²) >= 11 is 1.29. The molecule has 1 N–H and O–H groups in total. The zero-order valence-corrected chi connectivity index (χ0v) is 26.1. The molecule has 5 aromatic rings. The fourth-order valence-corrected chi connectivity index (χ4v) is 5.99. The number of likely N-dealkylation sites (N-methyl/N-ethyl adjacent to an activating group) is 1. The summed E-state index contributed by atoms with van der Waals surface area (Å²) in [6, 6.07) is 19.1. The highest BCUT2D eigenvalue weighted by Gasteiger charge is 2.38. The lowest BCUT2D eigenvalue weighted by molar-refractivity contribution is -0.192. The molecule has 10 nitrogen and oxygen atoms in total. The van der Waals surface area contributed by atoms with Gasteiger partial charge in [0.2, 0.25) is 0 Å². The standard InChI is InChI=1S/C30H29N3O5S.C2HF3O2/c1-32(16-14-19-12-13-23(36-2)24(17-19)37-3)30(35)28-26(38-4)25-27(39-28)21-10-5-6-11-22(21)33(29(25)34)18-20-9-7-8-15-31-20;3-2(4,5)1(6)7/h5-13,15,17H,14,16,18H2,1-4H3;(H,6,7). The molecular weight excluding hydrogens is 627 g/mol. The molecule has 0 fully saturated rings. The summed E-state index contributed by atoms with van der Waals surface area (Å²) in [7, 11) is 6.45. The highest BCUT2D eigenvalue weighted by atomic mass is 32.1. The van der Waals surface area contributed by atoms with E-state index in [4.69, 9.17) is 24.1 Å². The summed E-state index contributed by atoms with van der Waals surface area (Å²) in [6.07, 6.45) is -2.75. The second kappa shape index (κ2) is 14.3. The van der Waals surface area contributed by atoms with E-state index in [9.17, 15) is 22.8 Å². The van der Waals surface area contributed by atoms with Gasteiger partial charge in [0.05, 0.1) is 43.8 Å². The Labute approximate surface area is 265 Å². The van der Waals surface area contributed by atoms with Crippen LogP contribution in [0.4, 0.5) is 13.2 Å². The zero-order chi connectivity index (χ0) is 33.6. The van der Waals surface area contributed by atoms with Crippen molar-refractivity contribution in [1.29, 1.82) is 0 Å².